The Kier molecular flexibility index (Phi) is 9.15. The summed E-state index contributed by atoms with van der Waals surface area (Å²) in [6.45, 7) is 17.6. The maximum absolute atomic E-state index is 13.3. The van der Waals surface area contributed by atoms with Gasteiger partial charge in [0.2, 0.25) is 0 Å². The Morgan fingerprint density at radius 1 is 1.05 bits per heavy atom. The Morgan fingerprint density at radius 2 is 1.79 bits per heavy atom. The van der Waals surface area contributed by atoms with Gasteiger partial charge in [-0.05, 0) is 139 Å². The van der Waals surface area contributed by atoms with Crippen molar-refractivity contribution in [2.75, 3.05) is 6.54 Å². The molecule has 0 radical (unpaired) electrons. The maximum Gasteiger partial charge on any atom is 0.411 e. The van der Waals surface area contributed by atoms with Crippen molar-refractivity contribution in [2.45, 2.75) is 162 Å². The summed E-state index contributed by atoms with van der Waals surface area (Å²) in [6.07, 6.45) is 16.1. The minimum atomic E-state index is -0.584. The van der Waals surface area contributed by atoms with E-state index in [4.69, 9.17) is 9.47 Å². The molecule has 0 aromatic rings. The second-order valence-electron chi connectivity index (χ2n) is 17.3. The molecule has 1 heterocycles. The topological polar surface area (TPSA) is 76.1 Å². The van der Waals surface area contributed by atoms with Crippen molar-refractivity contribution in [3.63, 3.8) is 0 Å². The third-order valence-corrected chi connectivity index (χ3v) is 12.7. The predicted octanol–water partition coefficient (Wildman–Crippen LogP) is 8.45. The van der Waals surface area contributed by atoms with Crippen molar-refractivity contribution >= 4 is 12.1 Å². The maximum atomic E-state index is 13.3. The Bertz CT molecular complexity index is 1070. The van der Waals surface area contributed by atoms with Gasteiger partial charge >= 0.3 is 12.1 Å². The SMILES string of the molecule is C[C@H](CCCC(C)(C)O)[C@H]1CC[C@H]2[C@@H]3CC=C4C[C@@H](OC(=O)[C@@H]5CCCN5C(=O)OC(C)(C)C)CC[C@]4(C)[C@H]3CC[C@]12C. The highest BCUT2D eigenvalue weighted by atomic mass is 16.6. The lowest BCUT2D eigenvalue weighted by atomic mass is 9.47. The first-order valence-corrected chi connectivity index (χ1v) is 17.6. The highest BCUT2D eigenvalue weighted by molar-refractivity contribution is 5.82. The average molecular weight is 600 g/mol. The van der Waals surface area contributed by atoms with Crippen molar-refractivity contribution in [3.05, 3.63) is 11.6 Å². The van der Waals surface area contributed by atoms with Crippen LogP contribution in [0.2, 0.25) is 0 Å². The molecule has 6 heteroatoms. The standard InChI is InChI=1S/C37H61NO5/c1-24(11-9-19-35(5,6)41)28-15-16-29-27-14-13-25-23-26(17-20-36(25,7)30(27)18-21-37(28,29)8)42-32(39)31-12-10-22-38(31)33(40)43-34(2,3)4/h13,24,26-31,41H,9-12,14-23H2,1-8H3/t24-,26+,27+,28-,29+,30+,31+,36+,37-/m1/s1. The van der Waals surface area contributed by atoms with E-state index in [0.29, 0.717) is 18.4 Å². The van der Waals surface area contributed by atoms with Gasteiger partial charge in [-0.25, -0.2) is 9.59 Å². The number of aliphatic hydroxyl groups is 1. The lowest BCUT2D eigenvalue weighted by molar-refractivity contribution is -0.156. The highest BCUT2D eigenvalue weighted by Gasteiger charge is 2.59. The van der Waals surface area contributed by atoms with Crippen LogP contribution in [0.1, 0.15) is 139 Å². The Labute approximate surface area is 261 Å². The summed E-state index contributed by atoms with van der Waals surface area (Å²) < 4.78 is 11.7. The average Bonchev–Trinajstić information content (AvgIpc) is 3.52. The third-order valence-electron chi connectivity index (χ3n) is 12.7. The number of amides is 1. The van der Waals surface area contributed by atoms with Gasteiger partial charge in [0.1, 0.15) is 17.7 Å². The van der Waals surface area contributed by atoms with E-state index in [1.165, 1.54) is 44.1 Å². The lowest BCUT2D eigenvalue weighted by Gasteiger charge is -2.58. The van der Waals surface area contributed by atoms with Crippen molar-refractivity contribution in [3.8, 4) is 0 Å². The first-order chi connectivity index (χ1) is 20.0. The van der Waals surface area contributed by atoms with Crippen LogP contribution in [0.25, 0.3) is 0 Å². The molecule has 3 saturated carbocycles. The number of carbonyl (C=O) groups excluding carboxylic acids is 2. The van der Waals surface area contributed by atoms with E-state index in [0.717, 1.165) is 68.1 Å². The summed E-state index contributed by atoms with van der Waals surface area (Å²) in [6, 6.07) is -0.531. The van der Waals surface area contributed by atoms with E-state index in [1.54, 1.807) is 4.90 Å². The van der Waals surface area contributed by atoms with Crippen LogP contribution in [0.15, 0.2) is 11.6 Å². The van der Waals surface area contributed by atoms with Crippen LogP contribution in [0.4, 0.5) is 4.79 Å². The number of hydrogen-bond donors (Lipinski definition) is 1. The lowest BCUT2D eigenvalue weighted by Crippen LogP contribution is -2.51. The molecule has 43 heavy (non-hydrogen) atoms. The smallest absolute Gasteiger partial charge is 0.411 e. The number of nitrogens with zero attached hydrogens (tertiary/aromatic N) is 1. The molecule has 1 aliphatic heterocycles. The molecule has 244 valence electrons. The number of ether oxygens (including phenoxy) is 2. The van der Waals surface area contributed by atoms with Crippen LogP contribution in [0.5, 0.6) is 0 Å². The van der Waals surface area contributed by atoms with Gasteiger partial charge in [-0.1, -0.05) is 45.3 Å². The van der Waals surface area contributed by atoms with E-state index < -0.39 is 23.3 Å². The fraction of sp³-hybridized carbons (Fsp3) is 0.892. The molecule has 1 N–H and O–H groups in total. The minimum Gasteiger partial charge on any atom is -0.461 e. The summed E-state index contributed by atoms with van der Waals surface area (Å²) in [5.74, 6) is 3.55. The molecule has 5 rings (SSSR count). The molecule has 1 amide bonds. The molecule has 9 atom stereocenters. The van der Waals surface area contributed by atoms with Gasteiger partial charge in [0.15, 0.2) is 0 Å². The van der Waals surface area contributed by atoms with Crippen LogP contribution < -0.4 is 0 Å². The number of likely N-dealkylation sites (tertiary alicyclic amines) is 1. The first-order valence-electron chi connectivity index (χ1n) is 17.6. The van der Waals surface area contributed by atoms with Crippen molar-refractivity contribution in [1.29, 1.82) is 0 Å². The summed E-state index contributed by atoms with van der Waals surface area (Å²) in [7, 11) is 0. The van der Waals surface area contributed by atoms with Crippen LogP contribution in [0, 0.1) is 40.4 Å². The van der Waals surface area contributed by atoms with Gasteiger partial charge in [0.25, 0.3) is 0 Å². The summed E-state index contributed by atoms with van der Waals surface area (Å²) in [5, 5.41) is 10.2. The fourth-order valence-electron chi connectivity index (χ4n) is 10.6. The molecule has 0 aromatic carbocycles. The third kappa shape index (κ3) is 6.70. The molecule has 4 aliphatic carbocycles. The molecule has 4 fully saturated rings. The minimum absolute atomic E-state index is 0.0982. The van der Waals surface area contributed by atoms with Gasteiger partial charge in [0, 0.05) is 13.0 Å². The van der Waals surface area contributed by atoms with Gasteiger partial charge in [-0.2, -0.15) is 0 Å². The zero-order valence-corrected chi connectivity index (χ0v) is 28.5. The zero-order chi connectivity index (χ0) is 31.4. The van der Waals surface area contributed by atoms with Crippen LogP contribution >= 0.6 is 0 Å². The van der Waals surface area contributed by atoms with Gasteiger partial charge in [-0.3, -0.25) is 4.90 Å². The fourth-order valence-corrected chi connectivity index (χ4v) is 10.6. The van der Waals surface area contributed by atoms with Crippen LogP contribution in [0.3, 0.4) is 0 Å². The zero-order valence-electron chi connectivity index (χ0n) is 28.5. The number of allylic oxidation sites excluding steroid dienone is 1. The molecule has 0 spiro atoms. The molecular weight excluding hydrogens is 538 g/mol. The first kappa shape index (κ1) is 32.8. The van der Waals surface area contributed by atoms with Crippen molar-refractivity contribution in [1.82, 2.24) is 4.90 Å². The summed E-state index contributed by atoms with van der Waals surface area (Å²) in [4.78, 5) is 27.6. The predicted molar refractivity (Wildman–Crippen MR) is 170 cm³/mol. The van der Waals surface area contributed by atoms with Crippen molar-refractivity contribution < 1.29 is 24.2 Å². The Balaban J connectivity index is 1.20. The monoisotopic (exact) mass is 599 g/mol. The second-order valence-corrected chi connectivity index (χ2v) is 17.3. The Hall–Kier alpha value is -1.56. The summed E-state index contributed by atoms with van der Waals surface area (Å²) >= 11 is 0. The molecule has 0 aromatic heterocycles. The normalized spacial score (nSPS) is 38.4. The second kappa shape index (κ2) is 12.0. The number of fused-ring (bicyclic) bond motifs is 5. The van der Waals surface area contributed by atoms with Crippen LogP contribution in [-0.4, -0.2) is 52.0 Å². The summed E-state index contributed by atoms with van der Waals surface area (Å²) in [5.41, 5.74) is 1.02. The van der Waals surface area contributed by atoms with E-state index in [1.807, 2.05) is 34.6 Å². The molecule has 6 nitrogen and oxygen atoms in total. The molecule has 5 aliphatic rings. The van der Waals surface area contributed by atoms with Gasteiger partial charge in [0.05, 0.1) is 5.60 Å². The van der Waals surface area contributed by atoms with E-state index >= 15 is 0 Å². The van der Waals surface area contributed by atoms with Gasteiger partial charge in [-0.15, -0.1) is 0 Å². The number of carbonyl (C=O) groups is 2. The largest absolute Gasteiger partial charge is 0.461 e. The number of esters is 1. The van der Waals surface area contributed by atoms with Crippen LogP contribution in [-0.2, 0) is 14.3 Å². The van der Waals surface area contributed by atoms with E-state index in [-0.39, 0.29) is 17.5 Å². The molecule has 0 unspecified atom stereocenters. The number of rotatable bonds is 7. The Morgan fingerprint density at radius 3 is 2.49 bits per heavy atom. The van der Waals surface area contributed by atoms with Gasteiger partial charge < -0.3 is 14.6 Å². The molecular formula is C37H61NO5. The quantitative estimate of drug-likeness (QED) is 0.235. The van der Waals surface area contributed by atoms with E-state index in [2.05, 4.69) is 26.8 Å². The number of hydrogen-bond acceptors (Lipinski definition) is 5. The highest BCUT2D eigenvalue weighted by Crippen LogP contribution is 2.67. The molecule has 1 saturated heterocycles. The molecule has 0 bridgehead atoms. The van der Waals surface area contributed by atoms with Crippen molar-refractivity contribution in [2.24, 2.45) is 40.4 Å². The van der Waals surface area contributed by atoms with E-state index in [9.17, 15) is 14.7 Å².